The fraction of sp³-hybridized carbons (Fsp3) is 0.643. The van der Waals surface area contributed by atoms with E-state index in [2.05, 4.69) is 9.88 Å². The summed E-state index contributed by atoms with van der Waals surface area (Å²) in [6.07, 6.45) is 4.10. The number of ether oxygens (including phenoxy) is 2. The molecule has 1 aromatic heterocycles. The lowest BCUT2D eigenvalue weighted by atomic mass is 10.1. The average molecular weight is 265 g/mol. The van der Waals surface area contributed by atoms with Crippen molar-refractivity contribution in [3.63, 3.8) is 0 Å². The third-order valence-electron chi connectivity index (χ3n) is 3.68. The van der Waals surface area contributed by atoms with Gasteiger partial charge in [0.25, 0.3) is 0 Å². The SMILES string of the molecule is COc1ccnc(CN2CCC(CCN)C2)c1OC. The van der Waals surface area contributed by atoms with Gasteiger partial charge in [0.1, 0.15) is 5.69 Å². The molecule has 1 fully saturated rings. The summed E-state index contributed by atoms with van der Waals surface area (Å²) in [6.45, 7) is 3.78. The van der Waals surface area contributed by atoms with Crippen LogP contribution in [0.25, 0.3) is 0 Å². The number of rotatable bonds is 6. The van der Waals surface area contributed by atoms with Crippen LogP contribution in [0.2, 0.25) is 0 Å². The number of hydrogen-bond donors (Lipinski definition) is 1. The van der Waals surface area contributed by atoms with Crippen LogP contribution in [0, 0.1) is 5.92 Å². The molecule has 1 unspecified atom stereocenters. The summed E-state index contributed by atoms with van der Waals surface area (Å²) < 4.78 is 10.7. The monoisotopic (exact) mass is 265 g/mol. The molecule has 1 saturated heterocycles. The summed E-state index contributed by atoms with van der Waals surface area (Å²) in [5.41, 5.74) is 6.56. The summed E-state index contributed by atoms with van der Waals surface area (Å²) in [5, 5.41) is 0. The summed E-state index contributed by atoms with van der Waals surface area (Å²) in [6, 6.07) is 1.82. The number of hydrogen-bond acceptors (Lipinski definition) is 5. The lowest BCUT2D eigenvalue weighted by molar-refractivity contribution is 0.295. The molecule has 106 valence electrons. The van der Waals surface area contributed by atoms with Gasteiger partial charge in [0, 0.05) is 25.4 Å². The Bertz CT molecular complexity index is 412. The highest BCUT2D eigenvalue weighted by Gasteiger charge is 2.23. The molecular formula is C14H23N3O2. The van der Waals surface area contributed by atoms with Crippen molar-refractivity contribution < 1.29 is 9.47 Å². The Morgan fingerprint density at radius 1 is 1.42 bits per heavy atom. The van der Waals surface area contributed by atoms with Crippen molar-refractivity contribution in [2.24, 2.45) is 11.7 Å². The van der Waals surface area contributed by atoms with Crippen molar-refractivity contribution in [1.82, 2.24) is 9.88 Å². The Morgan fingerprint density at radius 2 is 2.26 bits per heavy atom. The maximum Gasteiger partial charge on any atom is 0.183 e. The highest BCUT2D eigenvalue weighted by atomic mass is 16.5. The molecule has 5 heteroatoms. The van der Waals surface area contributed by atoms with Gasteiger partial charge in [-0.3, -0.25) is 9.88 Å². The van der Waals surface area contributed by atoms with Gasteiger partial charge in [-0.25, -0.2) is 0 Å². The van der Waals surface area contributed by atoms with Crippen molar-refractivity contribution in [1.29, 1.82) is 0 Å². The Kier molecular flexibility index (Phi) is 4.99. The van der Waals surface area contributed by atoms with E-state index < -0.39 is 0 Å². The smallest absolute Gasteiger partial charge is 0.183 e. The maximum atomic E-state index is 5.62. The minimum absolute atomic E-state index is 0.724. The highest BCUT2D eigenvalue weighted by Crippen LogP contribution is 2.31. The average Bonchev–Trinajstić information content (AvgIpc) is 2.86. The zero-order valence-electron chi connectivity index (χ0n) is 11.8. The van der Waals surface area contributed by atoms with Gasteiger partial charge in [-0.2, -0.15) is 0 Å². The molecule has 1 aliphatic heterocycles. The minimum Gasteiger partial charge on any atom is -0.493 e. The fourth-order valence-corrected chi connectivity index (χ4v) is 2.70. The van der Waals surface area contributed by atoms with E-state index in [0.717, 1.165) is 55.7 Å². The van der Waals surface area contributed by atoms with Crippen molar-refractivity contribution in [2.75, 3.05) is 33.9 Å². The predicted octanol–water partition coefficient (Wildman–Crippen LogP) is 1.27. The summed E-state index contributed by atoms with van der Waals surface area (Å²) >= 11 is 0. The van der Waals surface area contributed by atoms with E-state index in [4.69, 9.17) is 15.2 Å². The molecule has 0 radical (unpaired) electrons. The highest BCUT2D eigenvalue weighted by molar-refractivity contribution is 5.42. The largest absolute Gasteiger partial charge is 0.493 e. The molecule has 2 heterocycles. The number of pyridine rings is 1. The molecule has 0 saturated carbocycles. The molecule has 0 aromatic carbocycles. The lowest BCUT2D eigenvalue weighted by Gasteiger charge is -2.18. The Hall–Kier alpha value is -1.33. The molecule has 0 spiro atoms. The van der Waals surface area contributed by atoms with Gasteiger partial charge in [0.05, 0.1) is 14.2 Å². The van der Waals surface area contributed by atoms with Gasteiger partial charge in [-0.1, -0.05) is 0 Å². The van der Waals surface area contributed by atoms with E-state index in [1.54, 1.807) is 20.4 Å². The Balaban J connectivity index is 2.03. The van der Waals surface area contributed by atoms with Crippen molar-refractivity contribution >= 4 is 0 Å². The number of aromatic nitrogens is 1. The van der Waals surface area contributed by atoms with E-state index in [9.17, 15) is 0 Å². The van der Waals surface area contributed by atoms with Crippen LogP contribution in [0.5, 0.6) is 11.5 Å². The molecule has 1 aromatic rings. The first-order valence-electron chi connectivity index (χ1n) is 6.76. The molecule has 1 atom stereocenters. The van der Waals surface area contributed by atoms with Crippen LogP contribution in [-0.2, 0) is 6.54 Å². The second-order valence-corrected chi connectivity index (χ2v) is 4.96. The number of likely N-dealkylation sites (tertiary alicyclic amines) is 1. The standard InChI is InChI=1S/C14H23N3O2/c1-18-13-4-7-16-12(14(13)19-2)10-17-8-5-11(9-17)3-6-15/h4,7,11H,3,5-6,8-10,15H2,1-2H3. The normalized spacial score (nSPS) is 19.6. The first kappa shape index (κ1) is 14.1. The van der Waals surface area contributed by atoms with Gasteiger partial charge in [-0.05, 0) is 31.8 Å². The second kappa shape index (κ2) is 6.73. The van der Waals surface area contributed by atoms with Gasteiger partial charge in [0.2, 0.25) is 0 Å². The van der Waals surface area contributed by atoms with Crippen LogP contribution in [0.15, 0.2) is 12.3 Å². The van der Waals surface area contributed by atoms with Gasteiger partial charge >= 0.3 is 0 Å². The van der Waals surface area contributed by atoms with Crippen LogP contribution in [0.3, 0.4) is 0 Å². The third kappa shape index (κ3) is 3.36. The maximum absolute atomic E-state index is 5.62. The molecule has 0 aliphatic carbocycles. The zero-order valence-corrected chi connectivity index (χ0v) is 11.8. The summed E-state index contributed by atoms with van der Waals surface area (Å²) in [5.74, 6) is 2.21. The fourth-order valence-electron chi connectivity index (χ4n) is 2.70. The van der Waals surface area contributed by atoms with Crippen LogP contribution in [0.1, 0.15) is 18.5 Å². The summed E-state index contributed by atoms with van der Waals surface area (Å²) in [7, 11) is 3.30. The molecule has 2 N–H and O–H groups in total. The minimum atomic E-state index is 0.724. The first-order valence-corrected chi connectivity index (χ1v) is 6.76. The number of methoxy groups -OCH3 is 2. The molecule has 2 rings (SSSR count). The van der Waals surface area contributed by atoms with Gasteiger partial charge < -0.3 is 15.2 Å². The van der Waals surface area contributed by atoms with E-state index in [1.165, 1.54) is 6.42 Å². The topological polar surface area (TPSA) is 60.6 Å². The third-order valence-corrected chi connectivity index (χ3v) is 3.68. The first-order chi connectivity index (χ1) is 9.28. The Morgan fingerprint density at radius 3 is 2.95 bits per heavy atom. The molecule has 1 aliphatic rings. The van der Waals surface area contributed by atoms with Crippen molar-refractivity contribution in [3.05, 3.63) is 18.0 Å². The van der Waals surface area contributed by atoms with E-state index in [-0.39, 0.29) is 0 Å². The number of nitrogens with two attached hydrogens (primary N) is 1. The summed E-state index contributed by atoms with van der Waals surface area (Å²) in [4.78, 5) is 6.83. The van der Waals surface area contributed by atoms with Crippen molar-refractivity contribution in [3.8, 4) is 11.5 Å². The van der Waals surface area contributed by atoms with Crippen LogP contribution < -0.4 is 15.2 Å². The van der Waals surface area contributed by atoms with Crippen LogP contribution in [-0.4, -0.2) is 43.7 Å². The van der Waals surface area contributed by atoms with E-state index >= 15 is 0 Å². The quantitative estimate of drug-likeness (QED) is 0.839. The van der Waals surface area contributed by atoms with Crippen LogP contribution in [0.4, 0.5) is 0 Å². The predicted molar refractivity (Wildman–Crippen MR) is 74.4 cm³/mol. The molecule has 0 bridgehead atoms. The molecule has 0 amide bonds. The van der Waals surface area contributed by atoms with Crippen molar-refractivity contribution in [2.45, 2.75) is 19.4 Å². The second-order valence-electron chi connectivity index (χ2n) is 4.96. The molecule has 5 nitrogen and oxygen atoms in total. The van der Waals surface area contributed by atoms with E-state index in [1.807, 2.05) is 6.07 Å². The van der Waals surface area contributed by atoms with Gasteiger partial charge in [0.15, 0.2) is 11.5 Å². The van der Waals surface area contributed by atoms with Gasteiger partial charge in [-0.15, -0.1) is 0 Å². The van der Waals surface area contributed by atoms with Crippen LogP contribution >= 0.6 is 0 Å². The van der Waals surface area contributed by atoms with E-state index in [0.29, 0.717) is 0 Å². The molecular weight excluding hydrogens is 242 g/mol. The Labute approximate surface area is 114 Å². The number of nitrogens with zero attached hydrogens (tertiary/aromatic N) is 2. The lowest BCUT2D eigenvalue weighted by Crippen LogP contribution is -2.22. The molecule has 19 heavy (non-hydrogen) atoms. The zero-order chi connectivity index (χ0) is 13.7.